The minimum absolute atomic E-state index is 0.125. The Hall–Kier alpha value is -3.00. The van der Waals surface area contributed by atoms with E-state index in [1.165, 1.54) is 16.4 Å². The molecule has 0 aliphatic heterocycles. The van der Waals surface area contributed by atoms with Gasteiger partial charge in [-0.3, -0.25) is 4.79 Å². The van der Waals surface area contributed by atoms with Gasteiger partial charge >= 0.3 is 0 Å². The Labute approximate surface area is 161 Å². The minimum atomic E-state index is -0.388. The van der Waals surface area contributed by atoms with Crippen molar-refractivity contribution >= 4 is 23.4 Å². The SMILES string of the molecule is COc1ccc(-c2nnc(SC(C)C(=O)Nc3cccc(C)c3)n2N)cc1. The highest BCUT2D eigenvalue weighted by molar-refractivity contribution is 8.00. The maximum Gasteiger partial charge on any atom is 0.237 e. The van der Waals surface area contributed by atoms with Crippen molar-refractivity contribution in [1.29, 1.82) is 0 Å². The van der Waals surface area contributed by atoms with Crippen molar-refractivity contribution in [3.63, 3.8) is 0 Å². The largest absolute Gasteiger partial charge is 0.497 e. The van der Waals surface area contributed by atoms with Crippen LogP contribution < -0.4 is 15.9 Å². The van der Waals surface area contributed by atoms with Gasteiger partial charge in [-0.25, -0.2) is 4.68 Å². The van der Waals surface area contributed by atoms with Crippen molar-refractivity contribution in [2.75, 3.05) is 18.3 Å². The summed E-state index contributed by atoms with van der Waals surface area (Å²) in [5.41, 5.74) is 2.66. The second-order valence-corrected chi connectivity index (χ2v) is 7.33. The van der Waals surface area contributed by atoms with Gasteiger partial charge in [0.05, 0.1) is 12.4 Å². The number of carbonyl (C=O) groups is 1. The van der Waals surface area contributed by atoms with E-state index >= 15 is 0 Å². The van der Waals surface area contributed by atoms with Crippen LogP contribution in [0.4, 0.5) is 5.69 Å². The van der Waals surface area contributed by atoms with Gasteiger partial charge in [0.15, 0.2) is 5.82 Å². The summed E-state index contributed by atoms with van der Waals surface area (Å²) in [5, 5.41) is 11.2. The Morgan fingerprint density at radius 3 is 2.63 bits per heavy atom. The maximum absolute atomic E-state index is 12.4. The number of rotatable bonds is 6. The first kappa shape index (κ1) is 18.8. The molecule has 3 rings (SSSR count). The van der Waals surface area contributed by atoms with Gasteiger partial charge in [-0.1, -0.05) is 23.9 Å². The molecule has 3 N–H and O–H groups in total. The number of aromatic nitrogens is 3. The molecule has 0 radical (unpaired) electrons. The third-order valence-corrected chi connectivity index (χ3v) is 5.01. The highest BCUT2D eigenvalue weighted by Crippen LogP contribution is 2.26. The molecule has 1 amide bonds. The predicted molar refractivity (Wildman–Crippen MR) is 107 cm³/mol. The molecule has 140 valence electrons. The number of thioether (sulfide) groups is 1. The molecule has 1 heterocycles. The molecule has 1 unspecified atom stereocenters. The number of nitrogens with two attached hydrogens (primary N) is 1. The van der Waals surface area contributed by atoms with Crippen molar-refractivity contribution in [2.24, 2.45) is 0 Å². The van der Waals surface area contributed by atoms with Crippen molar-refractivity contribution in [3.05, 3.63) is 54.1 Å². The highest BCUT2D eigenvalue weighted by atomic mass is 32.2. The van der Waals surface area contributed by atoms with Gasteiger partial charge in [0.25, 0.3) is 0 Å². The van der Waals surface area contributed by atoms with Crippen LogP contribution in [0.1, 0.15) is 12.5 Å². The first-order chi connectivity index (χ1) is 13.0. The fourth-order valence-electron chi connectivity index (χ4n) is 2.47. The smallest absolute Gasteiger partial charge is 0.237 e. The van der Waals surface area contributed by atoms with Gasteiger partial charge in [0.1, 0.15) is 5.75 Å². The normalized spacial score (nSPS) is 11.8. The van der Waals surface area contributed by atoms with E-state index in [2.05, 4.69) is 15.5 Å². The topological polar surface area (TPSA) is 95.1 Å². The second-order valence-electron chi connectivity index (χ2n) is 6.02. The van der Waals surface area contributed by atoms with E-state index in [1.807, 2.05) is 55.5 Å². The van der Waals surface area contributed by atoms with Crippen LogP contribution in [-0.2, 0) is 4.79 Å². The number of amides is 1. The molecule has 0 aliphatic carbocycles. The van der Waals surface area contributed by atoms with E-state index in [0.717, 1.165) is 22.6 Å². The molecule has 0 saturated carbocycles. The van der Waals surface area contributed by atoms with E-state index in [9.17, 15) is 4.79 Å². The average molecular weight is 383 g/mol. The van der Waals surface area contributed by atoms with Gasteiger partial charge in [0.2, 0.25) is 11.1 Å². The molecule has 8 heteroatoms. The van der Waals surface area contributed by atoms with E-state index in [1.54, 1.807) is 14.0 Å². The summed E-state index contributed by atoms with van der Waals surface area (Å²) in [6.45, 7) is 3.78. The minimum Gasteiger partial charge on any atom is -0.497 e. The maximum atomic E-state index is 12.4. The van der Waals surface area contributed by atoms with E-state index < -0.39 is 0 Å². The molecule has 0 saturated heterocycles. The van der Waals surface area contributed by atoms with Crippen LogP contribution in [-0.4, -0.2) is 33.1 Å². The van der Waals surface area contributed by atoms with Gasteiger partial charge in [0, 0.05) is 11.3 Å². The summed E-state index contributed by atoms with van der Waals surface area (Å²) in [7, 11) is 1.61. The number of aryl methyl sites for hydroxylation is 1. The lowest BCUT2D eigenvalue weighted by molar-refractivity contribution is -0.115. The van der Waals surface area contributed by atoms with Crippen LogP contribution in [0.3, 0.4) is 0 Å². The molecule has 0 spiro atoms. The highest BCUT2D eigenvalue weighted by Gasteiger charge is 2.20. The number of nitrogen functional groups attached to an aromatic ring is 1. The summed E-state index contributed by atoms with van der Waals surface area (Å²) in [5.74, 6) is 7.28. The van der Waals surface area contributed by atoms with Gasteiger partial charge in [-0.2, -0.15) is 0 Å². The fourth-order valence-corrected chi connectivity index (χ4v) is 3.24. The summed E-state index contributed by atoms with van der Waals surface area (Å²) in [6, 6.07) is 15.0. The summed E-state index contributed by atoms with van der Waals surface area (Å²) < 4.78 is 6.54. The molecule has 2 aromatic carbocycles. The van der Waals surface area contributed by atoms with Crippen LogP contribution >= 0.6 is 11.8 Å². The number of nitrogens with zero attached hydrogens (tertiary/aromatic N) is 3. The summed E-state index contributed by atoms with van der Waals surface area (Å²) in [6.07, 6.45) is 0. The monoisotopic (exact) mass is 383 g/mol. The van der Waals surface area contributed by atoms with Crippen LogP contribution in [0, 0.1) is 6.92 Å². The van der Waals surface area contributed by atoms with Crippen LogP contribution in [0.5, 0.6) is 5.75 Å². The second kappa shape index (κ2) is 8.13. The third-order valence-electron chi connectivity index (χ3n) is 3.95. The number of nitrogens with one attached hydrogen (secondary N) is 1. The number of hydrogen-bond acceptors (Lipinski definition) is 6. The van der Waals surface area contributed by atoms with Crippen LogP contribution in [0.25, 0.3) is 11.4 Å². The predicted octanol–water partition coefficient (Wildman–Crippen LogP) is 3.10. The van der Waals surface area contributed by atoms with E-state index in [4.69, 9.17) is 10.6 Å². The molecule has 27 heavy (non-hydrogen) atoms. The Morgan fingerprint density at radius 2 is 1.96 bits per heavy atom. The molecule has 0 aliphatic rings. The Kier molecular flexibility index (Phi) is 5.66. The number of methoxy groups -OCH3 is 1. The number of hydrogen-bond donors (Lipinski definition) is 2. The molecular weight excluding hydrogens is 362 g/mol. The van der Waals surface area contributed by atoms with Crippen molar-refractivity contribution in [2.45, 2.75) is 24.3 Å². The molecular formula is C19H21N5O2S. The fraction of sp³-hybridized carbons (Fsp3) is 0.211. The first-order valence-electron chi connectivity index (χ1n) is 8.37. The third kappa shape index (κ3) is 4.40. The average Bonchev–Trinajstić information content (AvgIpc) is 3.02. The molecule has 3 aromatic rings. The number of benzene rings is 2. The molecule has 0 bridgehead atoms. The quantitative estimate of drug-likeness (QED) is 0.502. The number of ether oxygens (including phenoxy) is 1. The van der Waals surface area contributed by atoms with Gasteiger partial charge < -0.3 is 15.9 Å². The molecule has 1 aromatic heterocycles. The Bertz CT molecular complexity index is 940. The van der Waals surface area contributed by atoms with Crippen molar-refractivity contribution in [1.82, 2.24) is 14.9 Å². The number of anilines is 1. The van der Waals surface area contributed by atoms with Crippen molar-refractivity contribution in [3.8, 4) is 17.1 Å². The summed E-state index contributed by atoms with van der Waals surface area (Å²) >= 11 is 1.25. The zero-order valence-corrected chi connectivity index (χ0v) is 16.2. The molecule has 1 atom stereocenters. The first-order valence-corrected chi connectivity index (χ1v) is 9.25. The lowest BCUT2D eigenvalue weighted by atomic mass is 10.2. The van der Waals surface area contributed by atoms with Gasteiger partial charge in [-0.05, 0) is 55.8 Å². The molecule has 0 fully saturated rings. The number of carbonyl (C=O) groups excluding carboxylic acids is 1. The van der Waals surface area contributed by atoms with Crippen LogP contribution in [0.15, 0.2) is 53.7 Å². The zero-order chi connectivity index (χ0) is 19.4. The van der Waals surface area contributed by atoms with E-state index in [0.29, 0.717) is 11.0 Å². The Morgan fingerprint density at radius 1 is 1.22 bits per heavy atom. The lowest BCUT2D eigenvalue weighted by Gasteiger charge is -2.12. The standard InChI is InChI=1S/C19H21N5O2S/c1-12-5-4-6-15(11-12)21-18(25)13(2)27-19-23-22-17(24(19)20)14-7-9-16(26-3)10-8-14/h4-11,13H,20H2,1-3H3,(H,21,25). The molecule has 7 nitrogen and oxygen atoms in total. The zero-order valence-electron chi connectivity index (χ0n) is 15.3. The lowest BCUT2D eigenvalue weighted by Crippen LogP contribution is -2.23. The van der Waals surface area contributed by atoms with Gasteiger partial charge in [-0.15, -0.1) is 10.2 Å². The Balaban J connectivity index is 1.70. The summed E-state index contributed by atoms with van der Waals surface area (Å²) in [4.78, 5) is 12.4. The van der Waals surface area contributed by atoms with E-state index in [-0.39, 0.29) is 11.2 Å². The van der Waals surface area contributed by atoms with Crippen molar-refractivity contribution < 1.29 is 9.53 Å². The van der Waals surface area contributed by atoms with Crippen LogP contribution in [0.2, 0.25) is 0 Å².